The molecule has 142 valence electrons. The minimum absolute atomic E-state index is 0.0374. The number of carbonyl (C=O) groups excluding carboxylic acids is 2. The molecule has 2 aromatic carbocycles. The van der Waals surface area contributed by atoms with E-state index in [9.17, 15) is 19.7 Å². The Morgan fingerprint density at radius 2 is 1.85 bits per heavy atom. The number of amides is 1. The SMILES string of the molecule is CSc1ccc(CN(C)C(=O)COC(=O)c2ccc(C)c([N+](=O)[O-])c2)cc1. The zero-order valence-electron chi connectivity index (χ0n) is 15.3. The predicted molar refractivity (Wildman–Crippen MR) is 103 cm³/mol. The second-order valence-corrected chi connectivity index (χ2v) is 6.81. The third-order valence-electron chi connectivity index (χ3n) is 3.97. The normalized spacial score (nSPS) is 10.3. The first-order chi connectivity index (χ1) is 12.8. The van der Waals surface area contributed by atoms with Crippen LogP contribution in [0.4, 0.5) is 5.69 Å². The summed E-state index contributed by atoms with van der Waals surface area (Å²) >= 11 is 1.64. The van der Waals surface area contributed by atoms with Crippen molar-refractivity contribution in [2.45, 2.75) is 18.4 Å². The van der Waals surface area contributed by atoms with Gasteiger partial charge in [-0.25, -0.2) is 4.79 Å². The van der Waals surface area contributed by atoms with Crippen LogP contribution in [0.3, 0.4) is 0 Å². The lowest BCUT2D eigenvalue weighted by Crippen LogP contribution is -2.30. The van der Waals surface area contributed by atoms with E-state index in [1.807, 2.05) is 30.5 Å². The first-order valence-electron chi connectivity index (χ1n) is 8.11. The van der Waals surface area contributed by atoms with Gasteiger partial charge in [-0.3, -0.25) is 14.9 Å². The van der Waals surface area contributed by atoms with Crippen molar-refractivity contribution < 1.29 is 19.2 Å². The zero-order valence-corrected chi connectivity index (χ0v) is 16.1. The van der Waals surface area contributed by atoms with E-state index in [0.29, 0.717) is 12.1 Å². The Kier molecular flexibility index (Phi) is 6.95. The number of thioether (sulfide) groups is 1. The van der Waals surface area contributed by atoms with Crippen LogP contribution in [0.25, 0.3) is 0 Å². The van der Waals surface area contributed by atoms with E-state index in [4.69, 9.17) is 4.74 Å². The Balaban J connectivity index is 1.92. The van der Waals surface area contributed by atoms with Crippen molar-refractivity contribution in [1.82, 2.24) is 4.90 Å². The zero-order chi connectivity index (χ0) is 20.0. The molecule has 0 heterocycles. The molecule has 0 N–H and O–H groups in total. The van der Waals surface area contributed by atoms with Crippen molar-refractivity contribution in [2.75, 3.05) is 19.9 Å². The number of esters is 1. The number of nitro groups is 1. The topological polar surface area (TPSA) is 89.8 Å². The van der Waals surface area contributed by atoms with E-state index < -0.39 is 17.5 Å². The maximum Gasteiger partial charge on any atom is 0.338 e. The summed E-state index contributed by atoms with van der Waals surface area (Å²) in [4.78, 5) is 37.2. The van der Waals surface area contributed by atoms with Crippen molar-refractivity contribution in [2.24, 2.45) is 0 Å². The molecule has 1 amide bonds. The molecule has 0 atom stereocenters. The number of nitrogens with zero attached hydrogens (tertiary/aromatic N) is 2. The molecular formula is C19H20N2O5S. The van der Waals surface area contributed by atoms with Gasteiger partial charge in [0.2, 0.25) is 0 Å². The monoisotopic (exact) mass is 388 g/mol. The lowest BCUT2D eigenvalue weighted by molar-refractivity contribution is -0.385. The van der Waals surface area contributed by atoms with Crippen LogP contribution < -0.4 is 0 Å². The Labute approximate surface area is 161 Å². The molecule has 0 aliphatic carbocycles. The Bertz CT molecular complexity index is 852. The number of nitro benzene ring substituents is 1. The highest BCUT2D eigenvalue weighted by atomic mass is 32.2. The summed E-state index contributed by atoms with van der Waals surface area (Å²) in [6, 6.07) is 11.9. The van der Waals surface area contributed by atoms with Crippen molar-refractivity contribution in [1.29, 1.82) is 0 Å². The number of rotatable bonds is 7. The van der Waals surface area contributed by atoms with E-state index in [0.717, 1.165) is 16.5 Å². The van der Waals surface area contributed by atoms with Crippen LogP contribution in [-0.2, 0) is 16.1 Å². The fraction of sp³-hybridized carbons (Fsp3) is 0.263. The van der Waals surface area contributed by atoms with Gasteiger partial charge in [0.1, 0.15) is 0 Å². The molecule has 0 saturated carbocycles. The summed E-state index contributed by atoms with van der Waals surface area (Å²) in [5.41, 5.74) is 1.28. The van der Waals surface area contributed by atoms with Crippen LogP contribution in [0.15, 0.2) is 47.4 Å². The molecule has 0 spiro atoms. The van der Waals surface area contributed by atoms with Gasteiger partial charge in [-0.15, -0.1) is 11.8 Å². The standard InChI is InChI=1S/C19H20N2O5S/c1-13-4-7-15(10-17(13)21(24)25)19(23)26-12-18(22)20(2)11-14-5-8-16(27-3)9-6-14/h4-10H,11-12H2,1-3H3. The molecule has 0 saturated heterocycles. The average Bonchev–Trinajstić information content (AvgIpc) is 2.66. The second kappa shape index (κ2) is 9.18. The lowest BCUT2D eigenvalue weighted by Gasteiger charge is -2.17. The molecule has 0 aliphatic rings. The average molecular weight is 388 g/mol. The predicted octanol–water partition coefficient (Wildman–Crippen LogP) is 3.44. The van der Waals surface area contributed by atoms with Crippen molar-refractivity contribution in [3.8, 4) is 0 Å². The summed E-state index contributed by atoms with van der Waals surface area (Å²) < 4.78 is 5.00. The van der Waals surface area contributed by atoms with Gasteiger partial charge in [0.25, 0.3) is 11.6 Å². The van der Waals surface area contributed by atoms with Gasteiger partial charge in [0, 0.05) is 30.1 Å². The van der Waals surface area contributed by atoms with Gasteiger partial charge < -0.3 is 9.64 Å². The molecule has 7 nitrogen and oxygen atoms in total. The highest BCUT2D eigenvalue weighted by molar-refractivity contribution is 7.98. The second-order valence-electron chi connectivity index (χ2n) is 5.93. The van der Waals surface area contributed by atoms with Gasteiger partial charge in [-0.2, -0.15) is 0 Å². The fourth-order valence-corrected chi connectivity index (χ4v) is 2.76. The minimum atomic E-state index is -0.774. The number of carbonyl (C=O) groups is 2. The summed E-state index contributed by atoms with van der Waals surface area (Å²) in [6.07, 6.45) is 1.99. The summed E-state index contributed by atoms with van der Waals surface area (Å²) in [5, 5.41) is 11.0. The molecule has 0 unspecified atom stereocenters. The van der Waals surface area contributed by atoms with Gasteiger partial charge >= 0.3 is 5.97 Å². The smallest absolute Gasteiger partial charge is 0.338 e. The van der Waals surface area contributed by atoms with Crippen LogP contribution in [0.1, 0.15) is 21.5 Å². The Hall–Kier alpha value is -2.87. The number of likely N-dealkylation sites (N-methyl/N-ethyl adjacent to an activating group) is 1. The molecule has 27 heavy (non-hydrogen) atoms. The maximum absolute atomic E-state index is 12.2. The molecule has 0 aromatic heterocycles. The van der Waals surface area contributed by atoms with Crippen LogP contribution in [0, 0.1) is 17.0 Å². The number of ether oxygens (including phenoxy) is 1. The van der Waals surface area contributed by atoms with E-state index in [1.165, 1.54) is 17.0 Å². The third-order valence-corrected chi connectivity index (χ3v) is 4.72. The third kappa shape index (κ3) is 5.55. The van der Waals surface area contributed by atoms with E-state index >= 15 is 0 Å². The molecule has 0 radical (unpaired) electrons. The quantitative estimate of drug-likeness (QED) is 0.312. The van der Waals surface area contributed by atoms with Gasteiger partial charge in [0.15, 0.2) is 6.61 Å². The molecule has 0 aliphatic heterocycles. The maximum atomic E-state index is 12.2. The summed E-state index contributed by atoms with van der Waals surface area (Å²) in [5.74, 6) is -1.14. The summed E-state index contributed by atoms with van der Waals surface area (Å²) in [6.45, 7) is 1.54. The number of hydrogen-bond acceptors (Lipinski definition) is 6. The molecule has 0 fully saturated rings. The minimum Gasteiger partial charge on any atom is -0.452 e. The number of hydrogen-bond donors (Lipinski definition) is 0. The van der Waals surface area contributed by atoms with E-state index in [1.54, 1.807) is 25.7 Å². The lowest BCUT2D eigenvalue weighted by atomic mass is 10.1. The highest BCUT2D eigenvalue weighted by Crippen LogP contribution is 2.20. The number of benzene rings is 2. The van der Waals surface area contributed by atoms with Crippen LogP contribution in [0.2, 0.25) is 0 Å². The highest BCUT2D eigenvalue weighted by Gasteiger charge is 2.18. The molecule has 0 bridgehead atoms. The van der Waals surface area contributed by atoms with Crippen molar-refractivity contribution >= 4 is 29.3 Å². The molecule has 2 rings (SSSR count). The largest absolute Gasteiger partial charge is 0.452 e. The molecular weight excluding hydrogens is 368 g/mol. The molecule has 8 heteroatoms. The Morgan fingerprint density at radius 1 is 1.19 bits per heavy atom. The first-order valence-corrected chi connectivity index (χ1v) is 9.33. The van der Waals surface area contributed by atoms with Crippen molar-refractivity contribution in [3.05, 3.63) is 69.3 Å². The fourth-order valence-electron chi connectivity index (χ4n) is 2.35. The van der Waals surface area contributed by atoms with Crippen molar-refractivity contribution in [3.63, 3.8) is 0 Å². The van der Waals surface area contributed by atoms with Gasteiger partial charge in [0.05, 0.1) is 10.5 Å². The van der Waals surface area contributed by atoms with E-state index in [-0.39, 0.29) is 17.2 Å². The van der Waals surface area contributed by atoms with Crippen LogP contribution in [0.5, 0.6) is 0 Å². The van der Waals surface area contributed by atoms with E-state index in [2.05, 4.69) is 0 Å². The Morgan fingerprint density at radius 3 is 2.44 bits per heavy atom. The van der Waals surface area contributed by atoms with Gasteiger partial charge in [-0.05, 0) is 36.9 Å². The van der Waals surface area contributed by atoms with Crippen LogP contribution >= 0.6 is 11.8 Å². The van der Waals surface area contributed by atoms with Gasteiger partial charge in [-0.1, -0.05) is 18.2 Å². The number of aryl methyl sites for hydroxylation is 1. The molecule has 2 aromatic rings. The first kappa shape index (κ1) is 20.4. The summed E-state index contributed by atoms with van der Waals surface area (Å²) in [7, 11) is 1.62. The van der Waals surface area contributed by atoms with Crippen LogP contribution in [-0.4, -0.2) is 41.6 Å².